The molecule has 1 aromatic heterocycles. The Hall–Kier alpha value is -5.96. The summed E-state index contributed by atoms with van der Waals surface area (Å²) in [5, 5.41) is 2.46. The molecule has 9 aromatic rings. The largest absolute Gasteiger partial charge is 0.308 e. The van der Waals surface area contributed by atoms with E-state index in [1.54, 1.807) is 0 Å². The maximum absolute atomic E-state index is 3.97. The van der Waals surface area contributed by atoms with Gasteiger partial charge in [-0.05, 0) is 108 Å². The first-order valence-electron chi connectivity index (χ1n) is 16.9. The molecule has 0 saturated carbocycles. The van der Waals surface area contributed by atoms with Gasteiger partial charge in [-0.25, -0.2) is 0 Å². The molecular weight excluding hydrogens is 670 g/mol. The zero-order chi connectivity index (χ0) is 33.4. The van der Waals surface area contributed by atoms with Crippen LogP contribution in [-0.2, 0) is 0 Å². The number of aromatic nitrogens is 1. The van der Waals surface area contributed by atoms with E-state index in [0.717, 1.165) is 10.2 Å². The molecule has 0 unspecified atom stereocenters. The fourth-order valence-corrected chi connectivity index (χ4v) is 7.67. The van der Waals surface area contributed by atoms with Crippen molar-refractivity contribution >= 4 is 37.7 Å². The van der Waals surface area contributed by atoms with Crippen LogP contribution in [0.3, 0.4) is 0 Å². The molecule has 9 rings (SSSR count). The Labute approximate surface area is 300 Å². The summed E-state index contributed by atoms with van der Waals surface area (Å²) < 4.78 is 3.45. The smallest absolute Gasteiger partial charge is 0.0604 e. The van der Waals surface area contributed by atoms with Crippen molar-refractivity contribution in [3.8, 4) is 61.3 Å². The number of hydrogen-bond acceptors (Lipinski definition) is 0. The SMILES string of the molecule is Brc1cc(-c2ccccc2)ccc1-n1c2ccc(-c3ccc(-c4ccccc4)cc3)cc2c2cc(-c3ccc(-c4ccccc4)cc3)ccc21. The van der Waals surface area contributed by atoms with Gasteiger partial charge >= 0.3 is 0 Å². The molecule has 0 aliphatic rings. The van der Waals surface area contributed by atoms with Gasteiger partial charge in [0, 0.05) is 15.2 Å². The second kappa shape index (κ2) is 12.8. The predicted molar refractivity (Wildman–Crippen MR) is 216 cm³/mol. The Balaban J connectivity index is 1.18. The lowest BCUT2D eigenvalue weighted by molar-refractivity contribution is 1.17. The number of hydrogen-bond donors (Lipinski definition) is 0. The average molecular weight is 703 g/mol. The van der Waals surface area contributed by atoms with Crippen molar-refractivity contribution in [2.24, 2.45) is 0 Å². The maximum Gasteiger partial charge on any atom is 0.0604 e. The van der Waals surface area contributed by atoms with Crippen molar-refractivity contribution in [1.29, 1.82) is 0 Å². The lowest BCUT2D eigenvalue weighted by Gasteiger charge is -2.13. The molecule has 236 valence electrons. The Morgan fingerprint density at radius 2 is 0.580 bits per heavy atom. The van der Waals surface area contributed by atoms with Crippen molar-refractivity contribution in [2.45, 2.75) is 0 Å². The van der Waals surface area contributed by atoms with Gasteiger partial charge in [-0.2, -0.15) is 0 Å². The number of rotatable bonds is 6. The molecular formula is C48H32BrN. The highest BCUT2D eigenvalue weighted by Gasteiger charge is 2.17. The minimum Gasteiger partial charge on any atom is -0.308 e. The zero-order valence-electron chi connectivity index (χ0n) is 27.3. The van der Waals surface area contributed by atoms with Gasteiger partial charge in [0.15, 0.2) is 0 Å². The molecule has 2 heteroatoms. The van der Waals surface area contributed by atoms with Crippen molar-refractivity contribution in [1.82, 2.24) is 4.57 Å². The topological polar surface area (TPSA) is 4.93 Å². The van der Waals surface area contributed by atoms with Crippen LogP contribution >= 0.6 is 15.9 Å². The molecule has 0 amide bonds. The molecule has 0 saturated heterocycles. The molecule has 1 nitrogen and oxygen atoms in total. The molecule has 0 aliphatic carbocycles. The summed E-state index contributed by atoms with van der Waals surface area (Å²) in [6.07, 6.45) is 0. The van der Waals surface area contributed by atoms with E-state index in [4.69, 9.17) is 0 Å². The zero-order valence-corrected chi connectivity index (χ0v) is 28.9. The summed E-state index contributed by atoms with van der Waals surface area (Å²) in [5.74, 6) is 0. The summed E-state index contributed by atoms with van der Waals surface area (Å²) in [5.41, 5.74) is 15.6. The van der Waals surface area contributed by atoms with Crippen LogP contribution in [0.1, 0.15) is 0 Å². The molecule has 0 N–H and O–H groups in total. The third-order valence-electron chi connectivity index (χ3n) is 9.71. The van der Waals surface area contributed by atoms with Crippen LogP contribution < -0.4 is 0 Å². The standard InChI is InChI=1S/C48H32BrN/c49-45-32-42(35-14-8-3-9-15-35)26-29-48(45)50-46-27-24-40(38-20-16-36(17-21-38)33-10-4-1-5-11-33)30-43(46)44-31-41(25-28-47(44)50)39-22-18-37(19-23-39)34-12-6-2-7-13-34/h1-32H. The van der Waals surface area contributed by atoms with Crippen LogP contribution in [0.5, 0.6) is 0 Å². The van der Waals surface area contributed by atoms with E-state index < -0.39 is 0 Å². The fraction of sp³-hybridized carbons (Fsp3) is 0. The summed E-state index contributed by atoms with van der Waals surface area (Å²) in [6.45, 7) is 0. The van der Waals surface area contributed by atoms with Gasteiger partial charge < -0.3 is 4.57 Å². The summed E-state index contributed by atoms with van der Waals surface area (Å²) >= 11 is 3.97. The predicted octanol–water partition coefficient (Wildman–Crippen LogP) is 13.9. The molecule has 0 fully saturated rings. The van der Waals surface area contributed by atoms with E-state index in [-0.39, 0.29) is 0 Å². The van der Waals surface area contributed by atoms with Gasteiger partial charge in [-0.3, -0.25) is 0 Å². The number of fused-ring (bicyclic) bond motifs is 3. The molecule has 0 spiro atoms. The van der Waals surface area contributed by atoms with E-state index in [1.165, 1.54) is 77.4 Å². The molecule has 50 heavy (non-hydrogen) atoms. The fourth-order valence-electron chi connectivity index (χ4n) is 7.11. The van der Waals surface area contributed by atoms with E-state index in [0.29, 0.717) is 0 Å². The first-order chi connectivity index (χ1) is 24.7. The molecule has 8 aromatic carbocycles. The van der Waals surface area contributed by atoms with Crippen LogP contribution in [0, 0.1) is 0 Å². The third-order valence-corrected chi connectivity index (χ3v) is 10.3. The number of benzene rings is 8. The van der Waals surface area contributed by atoms with Gasteiger partial charge in [-0.15, -0.1) is 0 Å². The second-order valence-corrected chi connectivity index (χ2v) is 13.6. The lowest BCUT2D eigenvalue weighted by Crippen LogP contribution is -1.96. The molecule has 0 bridgehead atoms. The minimum atomic E-state index is 1.05. The molecule has 0 atom stereocenters. The first kappa shape index (κ1) is 30.1. The normalized spacial score (nSPS) is 11.3. The quantitative estimate of drug-likeness (QED) is 0.163. The van der Waals surface area contributed by atoms with E-state index in [1.807, 2.05) is 0 Å². The van der Waals surface area contributed by atoms with Gasteiger partial charge in [-0.1, -0.05) is 158 Å². The second-order valence-electron chi connectivity index (χ2n) is 12.7. The van der Waals surface area contributed by atoms with Gasteiger partial charge in [0.25, 0.3) is 0 Å². The third kappa shape index (κ3) is 5.54. The van der Waals surface area contributed by atoms with Crippen LogP contribution in [0.4, 0.5) is 0 Å². The van der Waals surface area contributed by atoms with E-state index in [2.05, 4.69) is 215 Å². The molecule has 1 heterocycles. The Kier molecular flexibility index (Phi) is 7.72. The van der Waals surface area contributed by atoms with Gasteiger partial charge in [0.1, 0.15) is 0 Å². The molecule has 0 aliphatic heterocycles. The Morgan fingerprint density at radius 1 is 0.280 bits per heavy atom. The summed E-state index contributed by atoms with van der Waals surface area (Å²) in [7, 11) is 0. The highest BCUT2D eigenvalue weighted by atomic mass is 79.9. The van der Waals surface area contributed by atoms with Crippen molar-refractivity contribution < 1.29 is 0 Å². The monoisotopic (exact) mass is 701 g/mol. The van der Waals surface area contributed by atoms with Crippen molar-refractivity contribution in [3.05, 3.63) is 199 Å². The molecule has 0 radical (unpaired) electrons. The van der Waals surface area contributed by atoms with E-state index in [9.17, 15) is 0 Å². The van der Waals surface area contributed by atoms with Crippen LogP contribution in [-0.4, -0.2) is 4.57 Å². The Bertz CT molecular complexity index is 2460. The maximum atomic E-state index is 3.97. The lowest BCUT2D eigenvalue weighted by atomic mass is 9.97. The van der Waals surface area contributed by atoms with Gasteiger partial charge in [0.2, 0.25) is 0 Å². The van der Waals surface area contributed by atoms with Gasteiger partial charge in [0.05, 0.1) is 16.7 Å². The van der Waals surface area contributed by atoms with Crippen LogP contribution in [0.25, 0.3) is 83.1 Å². The first-order valence-corrected chi connectivity index (χ1v) is 17.7. The summed E-state index contributed by atoms with van der Waals surface area (Å²) in [6, 6.07) is 70.0. The number of nitrogens with zero attached hydrogens (tertiary/aromatic N) is 1. The highest BCUT2D eigenvalue weighted by Crippen LogP contribution is 2.40. The summed E-state index contributed by atoms with van der Waals surface area (Å²) in [4.78, 5) is 0. The van der Waals surface area contributed by atoms with Crippen molar-refractivity contribution in [2.75, 3.05) is 0 Å². The minimum absolute atomic E-state index is 1.05. The number of halogens is 1. The average Bonchev–Trinajstić information content (AvgIpc) is 3.52. The van der Waals surface area contributed by atoms with E-state index >= 15 is 0 Å². The van der Waals surface area contributed by atoms with Crippen LogP contribution in [0.15, 0.2) is 199 Å². The Morgan fingerprint density at radius 3 is 0.980 bits per heavy atom. The van der Waals surface area contributed by atoms with Crippen LogP contribution in [0.2, 0.25) is 0 Å². The van der Waals surface area contributed by atoms with Crippen molar-refractivity contribution in [3.63, 3.8) is 0 Å². The highest BCUT2D eigenvalue weighted by molar-refractivity contribution is 9.10.